The lowest BCUT2D eigenvalue weighted by molar-refractivity contribution is -0.128. The fourth-order valence-corrected chi connectivity index (χ4v) is 2.42. The van der Waals surface area contributed by atoms with Crippen LogP contribution < -0.4 is 5.32 Å². The van der Waals surface area contributed by atoms with Crippen LogP contribution in [0.3, 0.4) is 0 Å². The fraction of sp³-hybridized carbons (Fsp3) is 0.533. The van der Waals surface area contributed by atoms with Gasteiger partial charge in [-0.2, -0.15) is 0 Å². The van der Waals surface area contributed by atoms with E-state index in [9.17, 15) is 9.59 Å². The fourth-order valence-electron chi connectivity index (χ4n) is 2.42. The molecule has 1 saturated heterocycles. The Kier molecular flexibility index (Phi) is 5.09. The van der Waals surface area contributed by atoms with Crippen LogP contribution in [0.25, 0.3) is 0 Å². The Hall–Kier alpha value is -1.91. The number of hydrogen-bond donors (Lipinski definition) is 1. The summed E-state index contributed by atoms with van der Waals surface area (Å²) in [7, 11) is 0. The van der Waals surface area contributed by atoms with E-state index in [1.165, 1.54) is 0 Å². The second-order valence-electron chi connectivity index (χ2n) is 5.05. The topological polar surface area (TPSA) is 62.3 Å². The number of pyridine rings is 1. The highest BCUT2D eigenvalue weighted by atomic mass is 16.2. The van der Waals surface area contributed by atoms with E-state index in [4.69, 9.17) is 0 Å². The van der Waals surface area contributed by atoms with Crippen LogP contribution in [0.1, 0.15) is 25.5 Å². The number of nitrogens with one attached hydrogen (secondary N) is 1. The Morgan fingerprint density at radius 2 is 2.35 bits per heavy atom. The van der Waals surface area contributed by atoms with Crippen LogP contribution in [0.15, 0.2) is 24.4 Å². The first kappa shape index (κ1) is 14.5. The maximum Gasteiger partial charge on any atom is 0.225 e. The molecular weight excluding hydrogens is 254 g/mol. The molecule has 0 bridgehead atoms. The maximum absolute atomic E-state index is 12.0. The van der Waals surface area contributed by atoms with E-state index in [0.29, 0.717) is 26.1 Å². The number of rotatable bonds is 6. The third-order valence-electron chi connectivity index (χ3n) is 3.60. The van der Waals surface area contributed by atoms with E-state index in [0.717, 1.165) is 18.5 Å². The van der Waals surface area contributed by atoms with Gasteiger partial charge in [0.15, 0.2) is 0 Å². The smallest absolute Gasteiger partial charge is 0.225 e. The molecule has 0 radical (unpaired) electrons. The van der Waals surface area contributed by atoms with Crippen molar-refractivity contribution in [2.24, 2.45) is 5.92 Å². The van der Waals surface area contributed by atoms with Crippen molar-refractivity contribution in [3.05, 3.63) is 30.1 Å². The Morgan fingerprint density at radius 3 is 3.00 bits per heavy atom. The molecule has 1 fully saturated rings. The van der Waals surface area contributed by atoms with Gasteiger partial charge < -0.3 is 10.2 Å². The van der Waals surface area contributed by atoms with Gasteiger partial charge in [-0.25, -0.2) is 0 Å². The highest BCUT2D eigenvalue weighted by Gasteiger charge is 2.32. The molecule has 2 rings (SSSR count). The molecule has 20 heavy (non-hydrogen) atoms. The Morgan fingerprint density at radius 1 is 1.50 bits per heavy atom. The predicted octanol–water partition coefficient (Wildman–Crippen LogP) is 0.999. The number of hydrogen-bond acceptors (Lipinski definition) is 3. The van der Waals surface area contributed by atoms with E-state index < -0.39 is 0 Å². The molecular formula is C15H21N3O2. The minimum absolute atomic E-state index is 0.00433. The third kappa shape index (κ3) is 3.79. The van der Waals surface area contributed by atoms with Crippen LogP contribution in [0.2, 0.25) is 0 Å². The molecule has 0 unspecified atom stereocenters. The van der Waals surface area contributed by atoms with Crippen LogP contribution in [0, 0.1) is 5.92 Å². The summed E-state index contributed by atoms with van der Waals surface area (Å²) in [5.74, 6) is -0.103. The van der Waals surface area contributed by atoms with Gasteiger partial charge in [0.25, 0.3) is 0 Å². The largest absolute Gasteiger partial charge is 0.356 e. The van der Waals surface area contributed by atoms with Crippen molar-refractivity contribution in [1.82, 2.24) is 15.2 Å². The minimum atomic E-state index is -0.183. The first-order chi connectivity index (χ1) is 9.70. The van der Waals surface area contributed by atoms with E-state index in [1.807, 2.05) is 25.1 Å². The van der Waals surface area contributed by atoms with Gasteiger partial charge in [-0.05, 0) is 31.9 Å². The molecule has 1 aliphatic heterocycles. The number of carbonyl (C=O) groups is 2. The van der Waals surface area contributed by atoms with Crippen LogP contribution in [0.5, 0.6) is 0 Å². The molecule has 1 aromatic rings. The Labute approximate surface area is 119 Å². The lowest BCUT2D eigenvalue weighted by Gasteiger charge is -2.13. The molecule has 108 valence electrons. The van der Waals surface area contributed by atoms with Crippen LogP contribution >= 0.6 is 0 Å². The van der Waals surface area contributed by atoms with Crippen molar-refractivity contribution in [1.29, 1.82) is 0 Å². The summed E-state index contributed by atoms with van der Waals surface area (Å²) in [6, 6.07) is 5.84. The number of aromatic nitrogens is 1. The van der Waals surface area contributed by atoms with Crippen molar-refractivity contribution < 1.29 is 9.59 Å². The highest BCUT2D eigenvalue weighted by molar-refractivity contribution is 5.89. The second-order valence-corrected chi connectivity index (χ2v) is 5.05. The van der Waals surface area contributed by atoms with Crippen LogP contribution in [-0.4, -0.2) is 41.3 Å². The van der Waals surface area contributed by atoms with Gasteiger partial charge in [0, 0.05) is 37.9 Å². The van der Waals surface area contributed by atoms with Gasteiger partial charge in [0.05, 0.1) is 5.92 Å². The monoisotopic (exact) mass is 275 g/mol. The molecule has 0 spiro atoms. The van der Waals surface area contributed by atoms with Gasteiger partial charge in [-0.1, -0.05) is 6.07 Å². The third-order valence-corrected chi connectivity index (χ3v) is 3.60. The predicted molar refractivity (Wildman–Crippen MR) is 75.9 cm³/mol. The first-order valence-corrected chi connectivity index (χ1v) is 7.16. The summed E-state index contributed by atoms with van der Waals surface area (Å²) >= 11 is 0. The summed E-state index contributed by atoms with van der Waals surface area (Å²) in [5.41, 5.74) is 1.04. The molecule has 5 nitrogen and oxygen atoms in total. The molecule has 1 N–H and O–H groups in total. The van der Waals surface area contributed by atoms with Crippen molar-refractivity contribution >= 4 is 11.8 Å². The molecule has 1 aromatic heterocycles. The molecule has 1 atom stereocenters. The molecule has 5 heteroatoms. The zero-order valence-electron chi connectivity index (χ0n) is 11.8. The average molecular weight is 275 g/mol. The van der Waals surface area contributed by atoms with E-state index in [-0.39, 0.29) is 17.7 Å². The van der Waals surface area contributed by atoms with Gasteiger partial charge in [-0.15, -0.1) is 0 Å². The van der Waals surface area contributed by atoms with Crippen molar-refractivity contribution in [3.63, 3.8) is 0 Å². The number of aryl methyl sites for hydroxylation is 1. The number of amides is 2. The van der Waals surface area contributed by atoms with Crippen LogP contribution in [-0.2, 0) is 16.0 Å². The van der Waals surface area contributed by atoms with Crippen LogP contribution in [0.4, 0.5) is 0 Å². The first-order valence-electron chi connectivity index (χ1n) is 7.16. The zero-order valence-corrected chi connectivity index (χ0v) is 11.8. The van der Waals surface area contributed by atoms with E-state index in [2.05, 4.69) is 10.3 Å². The lowest BCUT2D eigenvalue weighted by Crippen LogP contribution is -2.33. The summed E-state index contributed by atoms with van der Waals surface area (Å²) in [6.07, 6.45) is 3.84. The quantitative estimate of drug-likeness (QED) is 0.788. The summed E-state index contributed by atoms with van der Waals surface area (Å²) in [5, 5.41) is 2.91. The standard InChI is InChI=1S/C15H21N3O2/c1-2-18-11-12(10-14(18)19)15(20)17-9-5-7-13-6-3-4-8-16-13/h3-4,6,8,12H,2,5,7,9-11H2,1H3,(H,17,20)/t12-/m1/s1. The number of nitrogens with zero attached hydrogens (tertiary/aromatic N) is 2. The second kappa shape index (κ2) is 7.03. The summed E-state index contributed by atoms with van der Waals surface area (Å²) in [4.78, 5) is 29.5. The molecule has 0 aliphatic carbocycles. The molecule has 2 heterocycles. The molecule has 0 aromatic carbocycles. The summed E-state index contributed by atoms with van der Waals surface area (Å²) < 4.78 is 0. The van der Waals surface area contributed by atoms with Crippen molar-refractivity contribution in [3.8, 4) is 0 Å². The average Bonchev–Trinajstić information content (AvgIpc) is 2.86. The van der Waals surface area contributed by atoms with Gasteiger partial charge in [0.1, 0.15) is 0 Å². The van der Waals surface area contributed by atoms with E-state index >= 15 is 0 Å². The van der Waals surface area contributed by atoms with Crippen molar-refractivity contribution in [2.45, 2.75) is 26.2 Å². The van der Waals surface area contributed by atoms with Gasteiger partial charge in [0.2, 0.25) is 11.8 Å². The number of likely N-dealkylation sites (tertiary alicyclic amines) is 1. The Balaban J connectivity index is 1.67. The summed E-state index contributed by atoms with van der Waals surface area (Å²) in [6.45, 7) is 3.81. The van der Waals surface area contributed by atoms with Gasteiger partial charge >= 0.3 is 0 Å². The highest BCUT2D eigenvalue weighted by Crippen LogP contribution is 2.17. The zero-order chi connectivity index (χ0) is 14.4. The Bertz CT molecular complexity index is 461. The maximum atomic E-state index is 12.0. The molecule has 2 amide bonds. The van der Waals surface area contributed by atoms with E-state index in [1.54, 1.807) is 11.1 Å². The minimum Gasteiger partial charge on any atom is -0.356 e. The molecule has 0 saturated carbocycles. The lowest BCUT2D eigenvalue weighted by atomic mass is 10.1. The number of carbonyl (C=O) groups excluding carboxylic acids is 2. The van der Waals surface area contributed by atoms with Gasteiger partial charge in [-0.3, -0.25) is 14.6 Å². The normalized spacial score (nSPS) is 18.4. The van der Waals surface area contributed by atoms with Crippen molar-refractivity contribution in [2.75, 3.05) is 19.6 Å². The molecule has 1 aliphatic rings. The SMILES string of the molecule is CCN1C[C@H](C(=O)NCCCc2ccccn2)CC1=O.